The molecular formula is C24H29Cl2FN2O2S. The zero-order chi connectivity index (χ0) is 23.7. The number of amides is 2. The summed E-state index contributed by atoms with van der Waals surface area (Å²) in [5.74, 6) is 0.0830. The van der Waals surface area contributed by atoms with Crippen molar-refractivity contribution in [2.24, 2.45) is 5.92 Å². The number of halogens is 3. The number of carbonyl (C=O) groups excluding carboxylic acids is 2. The molecule has 2 aromatic carbocycles. The zero-order valence-electron chi connectivity index (χ0n) is 18.5. The predicted octanol–water partition coefficient (Wildman–Crippen LogP) is 5.95. The number of nitrogens with zero attached hydrogens (tertiary/aromatic N) is 1. The summed E-state index contributed by atoms with van der Waals surface area (Å²) in [4.78, 5) is 27.6. The van der Waals surface area contributed by atoms with Gasteiger partial charge >= 0.3 is 0 Å². The van der Waals surface area contributed by atoms with Gasteiger partial charge in [-0.3, -0.25) is 9.59 Å². The summed E-state index contributed by atoms with van der Waals surface area (Å²) in [5, 5.41) is 3.86. The van der Waals surface area contributed by atoms with Crippen LogP contribution < -0.4 is 5.32 Å². The number of thioether (sulfide) groups is 1. The third kappa shape index (κ3) is 7.98. The van der Waals surface area contributed by atoms with E-state index in [0.29, 0.717) is 45.8 Å². The third-order valence-corrected chi connectivity index (χ3v) is 6.42. The fourth-order valence-electron chi connectivity index (χ4n) is 3.12. The van der Waals surface area contributed by atoms with Crippen LogP contribution in [0.25, 0.3) is 0 Å². The van der Waals surface area contributed by atoms with Gasteiger partial charge < -0.3 is 10.2 Å². The Labute approximate surface area is 203 Å². The molecule has 2 amide bonds. The quantitative estimate of drug-likeness (QED) is 0.416. The number of benzene rings is 2. The zero-order valence-corrected chi connectivity index (χ0v) is 20.9. The summed E-state index contributed by atoms with van der Waals surface area (Å²) in [6.07, 6.45) is 0.457. The lowest BCUT2D eigenvalue weighted by Crippen LogP contribution is -2.50. The standard InChI is InChI=1S/C24H29Cl2FN2O2S/c1-4-22(24(31)28-12-16(2)3)29(13-17-9-10-19(25)11-20(17)26)23(30)15-32-14-18-7-5-6-8-21(18)27/h5-11,16,22H,4,12-15H2,1-3H3,(H,28,31). The van der Waals surface area contributed by atoms with E-state index in [0.717, 1.165) is 0 Å². The molecule has 1 atom stereocenters. The van der Waals surface area contributed by atoms with Crippen LogP contribution in [0.4, 0.5) is 4.39 Å². The molecular weight excluding hydrogens is 470 g/mol. The van der Waals surface area contributed by atoms with E-state index in [9.17, 15) is 14.0 Å². The van der Waals surface area contributed by atoms with Crippen molar-refractivity contribution < 1.29 is 14.0 Å². The molecule has 0 fully saturated rings. The Morgan fingerprint density at radius 1 is 1.12 bits per heavy atom. The highest BCUT2D eigenvalue weighted by molar-refractivity contribution is 7.99. The van der Waals surface area contributed by atoms with Gasteiger partial charge in [0.2, 0.25) is 11.8 Å². The van der Waals surface area contributed by atoms with Crippen LogP contribution in [0, 0.1) is 11.7 Å². The molecule has 0 aliphatic rings. The summed E-state index contributed by atoms with van der Waals surface area (Å²) < 4.78 is 13.9. The van der Waals surface area contributed by atoms with Gasteiger partial charge in [-0.2, -0.15) is 0 Å². The first-order chi connectivity index (χ1) is 15.2. The predicted molar refractivity (Wildman–Crippen MR) is 132 cm³/mol. The van der Waals surface area contributed by atoms with Crippen LogP contribution in [0.3, 0.4) is 0 Å². The van der Waals surface area contributed by atoms with E-state index in [1.807, 2.05) is 20.8 Å². The third-order valence-electron chi connectivity index (χ3n) is 4.87. The second-order valence-electron chi connectivity index (χ2n) is 7.90. The van der Waals surface area contributed by atoms with Crippen molar-refractivity contribution in [2.75, 3.05) is 12.3 Å². The maximum absolute atomic E-state index is 13.9. The fraction of sp³-hybridized carbons (Fsp3) is 0.417. The van der Waals surface area contributed by atoms with Crippen molar-refractivity contribution >= 4 is 46.8 Å². The summed E-state index contributed by atoms with van der Waals surface area (Å²) in [6, 6.07) is 10.9. The SMILES string of the molecule is CCC(C(=O)NCC(C)C)N(Cc1ccc(Cl)cc1Cl)C(=O)CSCc1ccccc1F. The minimum absolute atomic E-state index is 0.119. The first-order valence-electron chi connectivity index (χ1n) is 10.5. The Balaban J connectivity index is 2.18. The van der Waals surface area contributed by atoms with Crippen LogP contribution in [0.5, 0.6) is 0 Å². The highest BCUT2D eigenvalue weighted by Gasteiger charge is 2.29. The molecule has 0 aromatic heterocycles. The van der Waals surface area contributed by atoms with E-state index >= 15 is 0 Å². The van der Waals surface area contributed by atoms with Gasteiger partial charge in [0.1, 0.15) is 11.9 Å². The van der Waals surface area contributed by atoms with Gasteiger partial charge in [0, 0.05) is 28.9 Å². The lowest BCUT2D eigenvalue weighted by molar-refractivity contribution is -0.139. The highest BCUT2D eigenvalue weighted by atomic mass is 35.5. The van der Waals surface area contributed by atoms with Crippen molar-refractivity contribution in [2.45, 2.75) is 45.5 Å². The van der Waals surface area contributed by atoms with Crippen LogP contribution in [-0.2, 0) is 21.9 Å². The molecule has 4 nitrogen and oxygen atoms in total. The Hall–Kier alpha value is -1.76. The Morgan fingerprint density at radius 2 is 1.84 bits per heavy atom. The van der Waals surface area contributed by atoms with Gasteiger partial charge in [-0.15, -0.1) is 11.8 Å². The molecule has 0 bridgehead atoms. The first-order valence-corrected chi connectivity index (χ1v) is 12.5. The van der Waals surface area contributed by atoms with Crippen LogP contribution in [-0.4, -0.2) is 35.1 Å². The molecule has 8 heteroatoms. The second kappa shape index (κ2) is 13.1. The lowest BCUT2D eigenvalue weighted by atomic mass is 10.1. The Morgan fingerprint density at radius 3 is 2.47 bits per heavy atom. The summed E-state index contributed by atoms with van der Waals surface area (Å²) in [5.41, 5.74) is 1.25. The van der Waals surface area contributed by atoms with Crippen molar-refractivity contribution in [3.63, 3.8) is 0 Å². The minimum Gasteiger partial charge on any atom is -0.354 e. The molecule has 2 aromatic rings. The smallest absolute Gasteiger partial charge is 0.242 e. The average molecular weight is 499 g/mol. The van der Waals surface area contributed by atoms with Crippen molar-refractivity contribution in [1.82, 2.24) is 10.2 Å². The van der Waals surface area contributed by atoms with Crippen molar-refractivity contribution in [3.8, 4) is 0 Å². The van der Waals surface area contributed by atoms with Crippen LogP contribution >= 0.6 is 35.0 Å². The number of nitrogens with one attached hydrogen (secondary N) is 1. The molecule has 0 heterocycles. The van der Waals surface area contributed by atoms with E-state index in [-0.39, 0.29) is 29.9 Å². The fourth-order valence-corrected chi connectivity index (χ4v) is 4.49. The highest BCUT2D eigenvalue weighted by Crippen LogP contribution is 2.24. The van der Waals surface area contributed by atoms with E-state index in [2.05, 4.69) is 5.32 Å². The van der Waals surface area contributed by atoms with E-state index < -0.39 is 6.04 Å². The molecule has 1 unspecified atom stereocenters. The average Bonchev–Trinajstić information content (AvgIpc) is 2.74. The van der Waals surface area contributed by atoms with Crippen LogP contribution in [0.1, 0.15) is 38.3 Å². The Bertz CT molecular complexity index is 927. The van der Waals surface area contributed by atoms with Gasteiger partial charge in [0.05, 0.1) is 5.75 Å². The molecule has 0 radical (unpaired) electrons. The van der Waals surface area contributed by atoms with Gasteiger partial charge in [-0.25, -0.2) is 4.39 Å². The van der Waals surface area contributed by atoms with Crippen molar-refractivity contribution in [1.29, 1.82) is 0 Å². The summed E-state index contributed by atoms with van der Waals surface area (Å²) in [6.45, 7) is 6.60. The molecule has 1 N–H and O–H groups in total. The molecule has 2 rings (SSSR count). The molecule has 0 saturated carbocycles. The maximum Gasteiger partial charge on any atom is 0.242 e. The van der Waals surface area contributed by atoms with E-state index in [1.54, 1.807) is 41.3 Å². The summed E-state index contributed by atoms with van der Waals surface area (Å²) in [7, 11) is 0. The second-order valence-corrected chi connectivity index (χ2v) is 9.73. The molecule has 0 spiro atoms. The topological polar surface area (TPSA) is 49.4 Å². The number of rotatable bonds is 11. The van der Waals surface area contributed by atoms with Crippen LogP contribution in [0.2, 0.25) is 10.0 Å². The first kappa shape index (κ1) is 26.5. The molecule has 0 saturated heterocycles. The van der Waals surface area contributed by atoms with Crippen molar-refractivity contribution in [3.05, 3.63) is 69.5 Å². The molecule has 32 heavy (non-hydrogen) atoms. The van der Waals surface area contributed by atoms with E-state index in [4.69, 9.17) is 23.2 Å². The van der Waals surface area contributed by atoms with Gasteiger partial charge in [-0.05, 0) is 41.7 Å². The Kier molecular flexibility index (Phi) is 10.8. The van der Waals surface area contributed by atoms with Gasteiger partial charge in [-0.1, -0.05) is 68.2 Å². The number of hydrogen-bond donors (Lipinski definition) is 1. The van der Waals surface area contributed by atoms with Gasteiger partial charge in [0.15, 0.2) is 0 Å². The molecule has 174 valence electrons. The van der Waals surface area contributed by atoms with E-state index in [1.165, 1.54) is 17.8 Å². The maximum atomic E-state index is 13.9. The minimum atomic E-state index is -0.637. The molecule has 0 aliphatic heterocycles. The van der Waals surface area contributed by atoms with Crippen LogP contribution in [0.15, 0.2) is 42.5 Å². The lowest BCUT2D eigenvalue weighted by Gasteiger charge is -2.31. The monoisotopic (exact) mass is 498 g/mol. The number of carbonyl (C=O) groups is 2. The normalized spacial score (nSPS) is 12.0. The van der Waals surface area contributed by atoms with Gasteiger partial charge in [0.25, 0.3) is 0 Å². The largest absolute Gasteiger partial charge is 0.354 e. The molecule has 0 aliphatic carbocycles. The number of hydrogen-bond acceptors (Lipinski definition) is 3. The summed E-state index contributed by atoms with van der Waals surface area (Å²) >= 11 is 13.7.